The average molecular weight is 353 g/mol. The number of benzene rings is 2. The van der Waals surface area contributed by atoms with Crippen LogP contribution in [0.3, 0.4) is 0 Å². The molecule has 0 heterocycles. The lowest BCUT2D eigenvalue weighted by atomic mass is 10.1. The molecule has 138 valence electrons. The van der Waals surface area contributed by atoms with Gasteiger partial charge >= 0.3 is 6.18 Å². The third kappa shape index (κ3) is 8.38. The van der Waals surface area contributed by atoms with Crippen molar-refractivity contribution in [3.8, 4) is 0 Å². The fourth-order valence-corrected chi connectivity index (χ4v) is 1.68. The summed E-state index contributed by atoms with van der Waals surface area (Å²) in [4.78, 5) is 11.9. The number of carbonyl (C=O) groups is 1. The van der Waals surface area contributed by atoms with Crippen LogP contribution in [0.15, 0.2) is 48.5 Å². The van der Waals surface area contributed by atoms with Crippen LogP contribution in [0.25, 0.3) is 0 Å². The number of alkyl halides is 3. The van der Waals surface area contributed by atoms with E-state index in [-0.39, 0.29) is 5.56 Å². The molecule has 2 aromatic rings. The van der Waals surface area contributed by atoms with Crippen LogP contribution in [0.2, 0.25) is 0 Å². The lowest BCUT2D eigenvalue weighted by Gasteiger charge is -2.09. The zero-order valence-corrected chi connectivity index (χ0v) is 15.4. The Hall–Kier alpha value is -2.30. The van der Waals surface area contributed by atoms with Gasteiger partial charge in [0.25, 0.3) is 5.91 Å². The zero-order chi connectivity index (χ0) is 19.5. The molecule has 2 rings (SSSR count). The first kappa shape index (κ1) is 22.7. The van der Waals surface area contributed by atoms with E-state index >= 15 is 0 Å². The molecule has 0 unspecified atom stereocenters. The van der Waals surface area contributed by atoms with Crippen molar-refractivity contribution in [1.29, 1.82) is 0 Å². The highest BCUT2D eigenvalue weighted by molar-refractivity contribution is 6.04. The van der Waals surface area contributed by atoms with Gasteiger partial charge in [0.2, 0.25) is 0 Å². The lowest BCUT2D eigenvalue weighted by Crippen LogP contribution is -2.13. The van der Waals surface area contributed by atoms with Gasteiger partial charge in [-0.05, 0) is 37.3 Å². The Bertz CT molecular complexity index is 634. The van der Waals surface area contributed by atoms with E-state index in [1.165, 1.54) is 18.6 Å². The predicted octanol–water partition coefficient (Wildman–Crippen LogP) is 6.71. The summed E-state index contributed by atoms with van der Waals surface area (Å²) >= 11 is 0. The SMILES string of the molecule is CC.CCC.Cc1ccc(NC(=O)c2cccc(C(F)(F)F)c2)cc1. The summed E-state index contributed by atoms with van der Waals surface area (Å²) in [5, 5.41) is 2.56. The number of hydrogen-bond donors (Lipinski definition) is 1. The number of anilines is 1. The molecule has 0 saturated heterocycles. The smallest absolute Gasteiger partial charge is 0.322 e. The zero-order valence-electron chi connectivity index (χ0n) is 15.4. The Morgan fingerprint density at radius 1 is 1.00 bits per heavy atom. The van der Waals surface area contributed by atoms with Crippen LogP contribution >= 0.6 is 0 Å². The van der Waals surface area contributed by atoms with Gasteiger partial charge in [-0.25, -0.2) is 0 Å². The molecule has 5 heteroatoms. The van der Waals surface area contributed by atoms with Gasteiger partial charge < -0.3 is 5.32 Å². The van der Waals surface area contributed by atoms with E-state index in [2.05, 4.69) is 19.2 Å². The van der Waals surface area contributed by atoms with Crippen LogP contribution in [0.4, 0.5) is 18.9 Å². The van der Waals surface area contributed by atoms with Crippen molar-refractivity contribution < 1.29 is 18.0 Å². The normalized spacial score (nSPS) is 9.92. The van der Waals surface area contributed by atoms with Gasteiger partial charge in [0.05, 0.1) is 5.56 Å². The third-order valence-electron chi connectivity index (χ3n) is 2.76. The predicted molar refractivity (Wildman–Crippen MR) is 97.9 cm³/mol. The summed E-state index contributed by atoms with van der Waals surface area (Å²) < 4.78 is 37.7. The van der Waals surface area contributed by atoms with Crippen molar-refractivity contribution >= 4 is 11.6 Å². The second kappa shape index (κ2) is 11.3. The van der Waals surface area contributed by atoms with Gasteiger partial charge in [-0.15, -0.1) is 0 Å². The van der Waals surface area contributed by atoms with Gasteiger partial charge in [-0.1, -0.05) is 57.9 Å². The molecule has 2 nitrogen and oxygen atoms in total. The molecule has 1 N–H and O–H groups in total. The molecule has 0 atom stereocenters. The number of nitrogens with one attached hydrogen (secondary N) is 1. The van der Waals surface area contributed by atoms with E-state index in [0.717, 1.165) is 17.7 Å². The molecule has 0 spiro atoms. The number of rotatable bonds is 2. The Labute approximate surface area is 148 Å². The van der Waals surface area contributed by atoms with Crippen molar-refractivity contribution in [3.05, 3.63) is 65.2 Å². The molecule has 0 aliphatic carbocycles. The average Bonchev–Trinajstić information content (AvgIpc) is 2.59. The summed E-state index contributed by atoms with van der Waals surface area (Å²) in [5.74, 6) is -0.569. The first-order chi connectivity index (χ1) is 11.8. The monoisotopic (exact) mass is 353 g/mol. The number of halogens is 3. The number of aryl methyl sites for hydroxylation is 1. The minimum atomic E-state index is -4.46. The third-order valence-corrected chi connectivity index (χ3v) is 2.76. The summed E-state index contributed by atoms with van der Waals surface area (Å²) in [6.07, 6.45) is -3.21. The minimum Gasteiger partial charge on any atom is -0.322 e. The standard InChI is InChI=1S/C15H12F3NO.C3H8.C2H6/c1-10-5-7-13(8-6-10)19-14(20)11-3-2-4-12(9-11)15(16,17)18;1-3-2;1-2/h2-9H,1H3,(H,19,20);3H2,1-2H3;1-2H3. The Kier molecular flexibility index (Phi) is 10.2. The highest BCUT2D eigenvalue weighted by Crippen LogP contribution is 2.29. The lowest BCUT2D eigenvalue weighted by molar-refractivity contribution is -0.137. The van der Waals surface area contributed by atoms with Gasteiger partial charge in [0.15, 0.2) is 0 Å². The fourth-order valence-electron chi connectivity index (χ4n) is 1.68. The van der Waals surface area contributed by atoms with Crippen LogP contribution in [-0.4, -0.2) is 5.91 Å². The fraction of sp³-hybridized carbons (Fsp3) is 0.350. The topological polar surface area (TPSA) is 29.1 Å². The van der Waals surface area contributed by atoms with Gasteiger partial charge in [-0.3, -0.25) is 4.79 Å². The molecule has 0 bridgehead atoms. The van der Waals surface area contributed by atoms with Crippen molar-refractivity contribution in [1.82, 2.24) is 0 Å². The highest BCUT2D eigenvalue weighted by atomic mass is 19.4. The highest BCUT2D eigenvalue weighted by Gasteiger charge is 2.30. The summed E-state index contributed by atoms with van der Waals surface area (Å²) in [7, 11) is 0. The first-order valence-electron chi connectivity index (χ1n) is 8.33. The van der Waals surface area contributed by atoms with E-state index < -0.39 is 17.6 Å². The molecule has 0 aromatic heterocycles. The van der Waals surface area contributed by atoms with E-state index in [1.807, 2.05) is 32.9 Å². The van der Waals surface area contributed by atoms with E-state index in [9.17, 15) is 18.0 Å². The van der Waals surface area contributed by atoms with E-state index in [1.54, 1.807) is 12.1 Å². The molecule has 0 radical (unpaired) electrons. The maximum Gasteiger partial charge on any atom is 0.416 e. The Balaban J connectivity index is 0.00000104. The molecule has 25 heavy (non-hydrogen) atoms. The van der Waals surface area contributed by atoms with Crippen molar-refractivity contribution in [2.24, 2.45) is 0 Å². The number of amides is 1. The van der Waals surface area contributed by atoms with Crippen LogP contribution in [0.5, 0.6) is 0 Å². The molecule has 0 saturated carbocycles. The maximum absolute atomic E-state index is 12.6. The molecule has 0 aliphatic rings. The van der Waals surface area contributed by atoms with Gasteiger partial charge in [-0.2, -0.15) is 13.2 Å². The molecule has 2 aromatic carbocycles. The Morgan fingerprint density at radius 3 is 2.00 bits per heavy atom. The largest absolute Gasteiger partial charge is 0.416 e. The number of hydrogen-bond acceptors (Lipinski definition) is 1. The van der Waals surface area contributed by atoms with Crippen LogP contribution in [0.1, 0.15) is 55.6 Å². The second-order valence-electron chi connectivity index (χ2n) is 5.11. The summed E-state index contributed by atoms with van der Waals surface area (Å²) in [6, 6.07) is 11.3. The van der Waals surface area contributed by atoms with Crippen LogP contribution < -0.4 is 5.32 Å². The minimum absolute atomic E-state index is 0.0274. The van der Waals surface area contributed by atoms with Crippen molar-refractivity contribution in [3.63, 3.8) is 0 Å². The van der Waals surface area contributed by atoms with Crippen LogP contribution in [0, 0.1) is 6.92 Å². The second-order valence-corrected chi connectivity index (χ2v) is 5.11. The first-order valence-corrected chi connectivity index (χ1v) is 8.33. The van der Waals surface area contributed by atoms with Gasteiger partial charge in [0.1, 0.15) is 0 Å². The van der Waals surface area contributed by atoms with Crippen molar-refractivity contribution in [2.45, 2.75) is 47.2 Å². The number of carbonyl (C=O) groups excluding carboxylic acids is 1. The van der Waals surface area contributed by atoms with Gasteiger partial charge in [0, 0.05) is 11.3 Å². The summed E-state index contributed by atoms with van der Waals surface area (Å²) in [6.45, 7) is 10.2. The molecular weight excluding hydrogens is 327 g/mol. The molecule has 0 fully saturated rings. The summed E-state index contributed by atoms with van der Waals surface area (Å²) in [5.41, 5.74) is 0.703. The van der Waals surface area contributed by atoms with E-state index in [0.29, 0.717) is 5.69 Å². The quantitative estimate of drug-likeness (QED) is 0.639. The molecule has 1 amide bonds. The van der Waals surface area contributed by atoms with Crippen molar-refractivity contribution in [2.75, 3.05) is 5.32 Å². The Morgan fingerprint density at radius 2 is 1.52 bits per heavy atom. The van der Waals surface area contributed by atoms with E-state index in [4.69, 9.17) is 0 Å². The molecule has 0 aliphatic heterocycles. The van der Waals surface area contributed by atoms with Crippen LogP contribution in [-0.2, 0) is 6.18 Å². The maximum atomic E-state index is 12.6. The molecular formula is C20H26F3NO.